The molecule has 1 aliphatic rings. The summed E-state index contributed by atoms with van der Waals surface area (Å²) in [7, 11) is -3.35. The van der Waals surface area contributed by atoms with Gasteiger partial charge in [-0.05, 0) is 30.9 Å². The Morgan fingerprint density at radius 3 is 2.42 bits per heavy atom. The molecule has 1 heterocycles. The Hall–Kier alpha value is -0.620. The van der Waals surface area contributed by atoms with Crippen molar-refractivity contribution in [2.45, 2.75) is 37.1 Å². The van der Waals surface area contributed by atoms with Crippen LogP contribution in [0.2, 0.25) is 0 Å². The summed E-state index contributed by atoms with van der Waals surface area (Å²) in [5, 5.41) is 0. The highest BCUT2D eigenvalue weighted by atomic mass is 35.5. The van der Waals surface area contributed by atoms with Crippen LogP contribution in [0.1, 0.15) is 25.3 Å². The average Bonchev–Trinajstić information content (AvgIpc) is 2.39. The van der Waals surface area contributed by atoms with Gasteiger partial charge in [0.05, 0.1) is 4.90 Å². The van der Waals surface area contributed by atoms with Crippen molar-refractivity contribution in [1.29, 1.82) is 0 Å². The molecule has 0 amide bonds. The van der Waals surface area contributed by atoms with Crippen LogP contribution in [0.3, 0.4) is 0 Å². The number of rotatable bonds is 3. The summed E-state index contributed by atoms with van der Waals surface area (Å²) >= 11 is 0. The molecule has 1 aromatic rings. The summed E-state index contributed by atoms with van der Waals surface area (Å²) in [5.74, 6) is 0. The van der Waals surface area contributed by atoms with E-state index in [2.05, 4.69) is 0 Å². The lowest BCUT2D eigenvalue weighted by Gasteiger charge is -2.29. The quantitative estimate of drug-likeness (QED) is 0.926. The van der Waals surface area contributed by atoms with Gasteiger partial charge >= 0.3 is 0 Å². The predicted molar refractivity (Wildman–Crippen MR) is 79.0 cm³/mol. The third-order valence-corrected chi connectivity index (χ3v) is 5.47. The topological polar surface area (TPSA) is 63.4 Å². The van der Waals surface area contributed by atoms with E-state index in [0.717, 1.165) is 24.8 Å². The molecule has 108 valence electrons. The largest absolute Gasteiger partial charge is 0.328 e. The number of hydrogen-bond donors (Lipinski definition) is 1. The number of aryl methyl sites for hydroxylation is 1. The highest BCUT2D eigenvalue weighted by Crippen LogP contribution is 2.23. The first-order valence-electron chi connectivity index (χ1n) is 6.39. The molecule has 1 saturated heterocycles. The van der Waals surface area contributed by atoms with Crippen LogP contribution in [0.25, 0.3) is 0 Å². The molecule has 0 bridgehead atoms. The maximum atomic E-state index is 12.6. The summed E-state index contributed by atoms with van der Waals surface area (Å²) < 4.78 is 26.7. The fourth-order valence-electron chi connectivity index (χ4n) is 2.30. The summed E-state index contributed by atoms with van der Waals surface area (Å²) in [6, 6.07) is 7.37. The Balaban J connectivity index is 0.00000180. The normalized spacial score (nSPS) is 18.0. The molecule has 0 aliphatic carbocycles. The highest BCUT2D eigenvalue weighted by molar-refractivity contribution is 7.89. The molecular formula is C13H21ClN2O2S. The maximum absolute atomic E-state index is 12.6. The average molecular weight is 305 g/mol. The van der Waals surface area contributed by atoms with Crippen molar-refractivity contribution in [3.05, 3.63) is 29.8 Å². The molecule has 0 aromatic heterocycles. The van der Waals surface area contributed by atoms with Gasteiger partial charge in [0.2, 0.25) is 10.0 Å². The fourth-order valence-corrected chi connectivity index (χ4v) is 4.07. The van der Waals surface area contributed by atoms with E-state index in [4.69, 9.17) is 5.73 Å². The summed E-state index contributed by atoms with van der Waals surface area (Å²) in [6.07, 6.45) is 2.21. The van der Waals surface area contributed by atoms with Gasteiger partial charge in [0.15, 0.2) is 0 Å². The van der Waals surface area contributed by atoms with E-state index in [1.165, 1.54) is 0 Å². The third-order valence-electron chi connectivity index (χ3n) is 3.47. The summed E-state index contributed by atoms with van der Waals surface area (Å²) in [6.45, 7) is 3.03. The smallest absolute Gasteiger partial charge is 0.243 e. The maximum Gasteiger partial charge on any atom is 0.243 e. The van der Waals surface area contributed by atoms with Crippen molar-refractivity contribution in [3.8, 4) is 0 Å². The van der Waals surface area contributed by atoms with E-state index in [-0.39, 0.29) is 18.4 Å². The van der Waals surface area contributed by atoms with E-state index in [1.807, 2.05) is 19.1 Å². The van der Waals surface area contributed by atoms with Gasteiger partial charge < -0.3 is 5.73 Å². The first-order valence-corrected chi connectivity index (χ1v) is 7.83. The minimum Gasteiger partial charge on any atom is -0.328 e. The number of halogens is 1. The number of benzene rings is 1. The standard InChI is InChI=1S/C13H20N2O2S.ClH/c1-2-11-5-3-4-6-13(11)18(16,17)15-9-7-12(14)8-10-15;/h3-6,12H,2,7-10,14H2,1H3;1H. The van der Waals surface area contributed by atoms with Gasteiger partial charge in [0.1, 0.15) is 0 Å². The Kier molecular flexibility index (Phi) is 5.80. The van der Waals surface area contributed by atoms with Crippen molar-refractivity contribution in [2.75, 3.05) is 13.1 Å². The summed E-state index contributed by atoms with van der Waals surface area (Å²) in [4.78, 5) is 0.447. The van der Waals surface area contributed by atoms with Gasteiger partial charge in [-0.3, -0.25) is 0 Å². The molecule has 2 N–H and O–H groups in total. The van der Waals surface area contributed by atoms with Crippen LogP contribution in [0, 0.1) is 0 Å². The van der Waals surface area contributed by atoms with Crippen LogP contribution in [-0.4, -0.2) is 31.9 Å². The minimum absolute atomic E-state index is 0. The molecule has 19 heavy (non-hydrogen) atoms. The summed E-state index contributed by atoms with van der Waals surface area (Å²) in [5.41, 5.74) is 6.70. The molecule has 1 aromatic carbocycles. The van der Waals surface area contributed by atoms with Gasteiger partial charge in [-0.25, -0.2) is 8.42 Å². The molecule has 6 heteroatoms. The van der Waals surface area contributed by atoms with Crippen molar-refractivity contribution in [2.24, 2.45) is 5.73 Å². The van der Waals surface area contributed by atoms with Crippen molar-refractivity contribution < 1.29 is 8.42 Å². The fraction of sp³-hybridized carbons (Fsp3) is 0.538. The lowest BCUT2D eigenvalue weighted by atomic mass is 10.1. The van der Waals surface area contributed by atoms with Gasteiger partial charge in [-0.1, -0.05) is 25.1 Å². The molecule has 2 rings (SSSR count). The molecule has 0 spiro atoms. The van der Waals surface area contributed by atoms with Crippen LogP contribution in [-0.2, 0) is 16.4 Å². The van der Waals surface area contributed by atoms with Gasteiger partial charge in [-0.15, -0.1) is 12.4 Å². The number of sulfonamides is 1. The van der Waals surface area contributed by atoms with Crippen molar-refractivity contribution in [3.63, 3.8) is 0 Å². The molecule has 1 fully saturated rings. The highest BCUT2D eigenvalue weighted by Gasteiger charge is 2.29. The second-order valence-corrected chi connectivity index (χ2v) is 6.61. The van der Waals surface area contributed by atoms with E-state index < -0.39 is 10.0 Å². The lowest BCUT2D eigenvalue weighted by molar-refractivity contribution is 0.320. The van der Waals surface area contributed by atoms with E-state index >= 15 is 0 Å². The van der Waals surface area contributed by atoms with Gasteiger partial charge in [0.25, 0.3) is 0 Å². The van der Waals surface area contributed by atoms with Crippen LogP contribution < -0.4 is 5.73 Å². The minimum atomic E-state index is -3.35. The van der Waals surface area contributed by atoms with Gasteiger partial charge in [0, 0.05) is 19.1 Å². The molecule has 0 atom stereocenters. The first kappa shape index (κ1) is 16.4. The Morgan fingerprint density at radius 1 is 1.26 bits per heavy atom. The van der Waals surface area contributed by atoms with Crippen molar-refractivity contribution in [1.82, 2.24) is 4.31 Å². The number of nitrogens with two attached hydrogens (primary N) is 1. The van der Waals surface area contributed by atoms with Crippen LogP contribution in [0.15, 0.2) is 29.2 Å². The van der Waals surface area contributed by atoms with E-state index in [9.17, 15) is 8.42 Å². The Labute approximate surface area is 121 Å². The third kappa shape index (κ3) is 3.48. The Bertz CT molecular complexity index is 511. The van der Waals surface area contributed by atoms with Crippen LogP contribution >= 0.6 is 12.4 Å². The lowest BCUT2D eigenvalue weighted by Crippen LogP contribution is -2.42. The van der Waals surface area contributed by atoms with E-state index in [1.54, 1.807) is 16.4 Å². The Morgan fingerprint density at radius 2 is 1.84 bits per heavy atom. The molecule has 4 nitrogen and oxygen atoms in total. The first-order chi connectivity index (χ1) is 8.55. The zero-order valence-electron chi connectivity index (χ0n) is 11.1. The van der Waals surface area contributed by atoms with Crippen LogP contribution in [0.4, 0.5) is 0 Å². The zero-order chi connectivity index (χ0) is 13.2. The SMILES string of the molecule is CCc1ccccc1S(=O)(=O)N1CCC(N)CC1.Cl. The van der Waals surface area contributed by atoms with Crippen LogP contribution in [0.5, 0.6) is 0 Å². The molecular weight excluding hydrogens is 284 g/mol. The van der Waals surface area contributed by atoms with Crippen molar-refractivity contribution >= 4 is 22.4 Å². The molecule has 0 unspecified atom stereocenters. The van der Waals surface area contributed by atoms with Gasteiger partial charge in [-0.2, -0.15) is 4.31 Å². The predicted octanol–water partition coefficient (Wildman–Crippen LogP) is 1.78. The zero-order valence-corrected chi connectivity index (χ0v) is 12.7. The second-order valence-electron chi connectivity index (χ2n) is 4.70. The molecule has 0 radical (unpaired) electrons. The number of hydrogen-bond acceptors (Lipinski definition) is 3. The molecule has 1 aliphatic heterocycles. The second kappa shape index (κ2) is 6.70. The number of piperidine rings is 1. The van der Waals surface area contributed by atoms with E-state index in [0.29, 0.717) is 18.0 Å². The number of nitrogens with zero attached hydrogens (tertiary/aromatic N) is 1. The monoisotopic (exact) mass is 304 g/mol. The molecule has 0 saturated carbocycles.